The summed E-state index contributed by atoms with van der Waals surface area (Å²) in [6.07, 6.45) is 4.96. The van der Waals surface area contributed by atoms with Gasteiger partial charge in [0.05, 0.1) is 17.5 Å². The van der Waals surface area contributed by atoms with E-state index in [0.717, 1.165) is 24.8 Å². The van der Waals surface area contributed by atoms with Gasteiger partial charge in [-0.15, -0.1) is 10.1 Å². The zero-order valence-electron chi connectivity index (χ0n) is 17.7. The minimum absolute atomic E-state index is 0.0497. The maximum absolute atomic E-state index is 13.4. The number of hydrogen-bond acceptors (Lipinski definition) is 6. The Labute approximate surface area is 184 Å². The number of amides is 1. The summed E-state index contributed by atoms with van der Waals surface area (Å²) < 4.78 is 1.67. The second kappa shape index (κ2) is 7.46. The second-order valence-electron chi connectivity index (χ2n) is 9.78. The Kier molecular flexibility index (Phi) is 4.83. The van der Waals surface area contributed by atoms with Crippen LogP contribution in [0.2, 0.25) is 0 Å². The molecular weight excluding hydrogens is 416 g/mol. The van der Waals surface area contributed by atoms with E-state index < -0.39 is 22.0 Å². The van der Waals surface area contributed by atoms with Crippen LogP contribution in [0.5, 0.6) is 0 Å². The van der Waals surface area contributed by atoms with Crippen LogP contribution in [-0.4, -0.2) is 44.0 Å². The standard InChI is InChI=1S/C22H26N4O6/c27-19(23-22-11-14-8-15(12-22)10-21(9-14,13-22)20(28)29)18-16-4-1-2-5-17(16)25(24-18)6-3-7-32-26(30)31/h1-2,4-5,14-15H,3,6-13H2,(H,23,27)(H,28,29). The number of rotatable bonds is 8. The first-order valence-corrected chi connectivity index (χ1v) is 11.1. The second-order valence-corrected chi connectivity index (χ2v) is 9.78. The van der Waals surface area contributed by atoms with Gasteiger partial charge in [0.1, 0.15) is 0 Å². The molecule has 2 atom stereocenters. The Morgan fingerprint density at radius 2 is 1.97 bits per heavy atom. The van der Waals surface area contributed by atoms with Gasteiger partial charge in [-0.05, 0) is 62.8 Å². The number of hydrogen-bond donors (Lipinski definition) is 2. The van der Waals surface area contributed by atoms with Gasteiger partial charge in [-0.2, -0.15) is 5.10 Å². The average molecular weight is 442 g/mol. The molecule has 1 aromatic carbocycles. The third-order valence-electron chi connectivity index (χ3n) is 7.48. The minimum Gasteiger partial charge on any atom is -0.481 e. The highest BCUT2D eigenvalue weighted by molar-refractivity contribution is 6.05. The number of carboxylic acids is 1. The van der Waals surface area contributed by atoms with Crippen LogP contribution in [0.15, 0.2) is 24.3 Å². The Hall–Kier alpha value is -3.17. The van der Waals surface area contributed by atoms with Crippen molar-refractivity contribution in [3.8, 4) is 0 Å². The van der Waals surface area contributed by atoms with Gasteiger partial charge >= 0.3 is 5.97 Å². The molecule has 4 aliphatic carbocycles. The molecule has 1 heterocycles. The maximum Gasteiger partial charge on any atom is 0.309 e. The first kappa shape index (κ1) is 20.7. The number of fused-ring (bicyclic) bond motifs is 1. The van der Waals surface area contributed by atoms with E-state index in [4.69, 9.17) is 0 Å². The van der Waals surface area contributed by atoms with Gasteiger partial charge in [0.15, 0.2) is 5.69 Å². The monoisotopic (exact) mass is 442 g/mol. The number of carbonyl (C=O) groups is 2. The molecule has 10 nitrogen and oxygen atoms in total. The van der Waals surface area contributed by atoms with Gasteiger partial charge < -0.3 is 15.3 Å². The third-order valence-corrected chi connectivity index (χ3v) is 7.48. The minimum atomic E-state index is -0.824. The van der Waals surface area contributed by atoms with Gasteiger partial charge in [-0.25, -0.2) is 0 Å². The fourth-order valence-electron chi connectivity index (χ4n) is 6.78. The van der Waals surface area contributed by atoms with Gasteiger partial charge in [-0.1, -0.05) is 18.2 Å². The van der Waals surface area contributed by atoms with E-state index in [1.165, 1.54) is 0 Å². The molecule has 4 aliphatic rings. The SMILES string of the molecule is O=C(NC12CC3CC(C1)CC(C(=O)O)(C3)C2)c1nn(CCCO[N+](=O)[O-])c2ccccc12. The lowest BCUT2D eigenvalue weighted by atomic mass is 9.47. The Bertz CT molecular complexity index is 1080. The van der Waals surface area contributed by atoms with Crippen molar-refractivity contribution in [2.45, 2.75) is 57.0 Å². The van der Waals surface area contributed by atoms with Crippen molar-refractivity contribution in [2.75, 3.05) is 6.61 Å². The number of nitrogens with one attached hydrogen (secondary N) is 1. The predicted octanol–water partition coefficient (Wildman–Crippen LogP) is 2.79. The highest BCUT2D eigenvalue weighted by Gasteiger charge is 2.61. The molecule has 10 heteroatoms. The lowest BCUT2D eigenvalue weighted by Gasteiger charge is -2.60. The number of nitrogens with zero attached hydrogens (tertiary/aromatic N) is 3. The topological polar surface area (TPSA) is 137 Å². The fourth-order valence-corrected chi connectivity index (χ4v) is 6.78. The molecule has 1 aromatic heterocycles. The van der Waals surface area contributed by atoms with E-state index in [1.807, 2.05) is 24.3 Å². The van der Waals surface area contributed by atoms with Gasteiger partial charge in [0, 0.05) is 17.5 Å². The van der Waals surface area contributed by atoms with E-state index in [0.29, 0.717) is 55.1 Å². The summed E-state index contributed by atoms with van der Waals surface area (Å²) in [7, 11) is 0. The van der Waals surface area contributed by atoms with Crippen LogP contribution in [0, 0.1) is 27.4 Å². The molecule has 2 N–H and O–H groups in total. The maximum atomic E-state index is 13.4. The number of carboxylic acid groups (broad SMARTS) is 1. The third kappa shape index (κ3) is 3.47. The zero-order valence-corrected chi connectivity index (χ0v) is 17.7. The molecule has 0 radical (unpaired) electrons. The van der Waals surface area contributed by atoms with Gasteiger partial charge in [0.25, 0.3) is 11.0 Å². The lowest BCUT2D eigenvalue weighted by Crippen LogP contribution is -2.64. The van der Waals surface area contributed by atoms with E-state index in [-0.39, 0.29) is 12.5 Å². The molecule has 170 valence electrons. The van der Waals surface area contributed by atoms with Crippen molar-refractivity contribution >= 4 is 22.8 Å². The summed E-state index contributed by atoms with van der Waals surface area (Å²) in [6, 6.07) is 7.38. The molecule has 4 bridgehead atoms. The van der Waals surface area contributed by atoms with E-state index in [2.05, 4.69) is 15.3 Å². The quantitative estimate of drug-likeness (QED) is 0.364. The van der Waals surface area contributed by atoms with Crippen molar-refractivity contribution in [2.24, 2.45) is 17.3 Å². The summed E-state index contributed by atoms with van der Waals surface area (Å²) in [5.74, 6) is -0.354. The number of aliphatic carboxylic acids is 1. The van der Waals surface area contributed by atoms with Crippen LogP contribution in [0.1, 0.15) is 55.4 Å². The van der Waals surface area contributed by atoms with Crippen LogP contribution in [-0.2, 0) is 16.2 Å². The molecule has 2 aromatic rings. The van der Waals surface area contributed by atoms with Crippen molar-refractivity contribution in [3.05, 3.63) is 40.1 Å². The number of benzene rings is 1. The van der Waals surface area contributed by atoms with Gasteiger partial charge in [-0.3, -0.25) is 14.3 Å². The highest BCUT2D eigenvalue weighted by Crippen LogP contribution is 2.61. The Balaban J connectivity index is 1.38. The molecule has 0 saturated heterocycles. The zero-order chi connectivity index (χ0) is 22.5. The van der Waals surface area contributed by atoms with Crippen molar-refractivity contribution in [1.29, 1.82) is 0 Å². The number of carbonyl (C=O) groups excluding carboxylic acids is 1. The molecule has 4 saturated carbocycles. The van der Waals surface area contributed by atoms with E-state index in [9.17, 15) is 24.8 Å². The molecule has 0 aliphatic heterocycles. The molecule has 4 fully saturated rings. The van der Waals surface area contributed by atoms with Crippen LogP contribution < -0.4 is 5.32 Å². The molecule has 6 rings (SSSR count). The molecule has 0 spiro atoms. The average Bonchev–Trinajstić information content (AvgIpc) is 3.09. The van der Waals surface area contributed by atoms with Crippen LogP contribution in [0.3, 0.4) is 0 Å². The van der Waals surface area contributed by atoms with Crippen LogP contribution in [0.25, 0.3) is 10.9 Å². The van der Waals surface area contributed by atoms with Crippen molar-refractivity contribution < 1.29 is 24.6 Å². The van der Waals surface area contributed by atoms with Crippen LogP contribution >= 0.6 is 0 Å². The predicted molar refractivity (Wildman–Crippen MR) is 112 cm³/mol. The first-order chi connectivity index (χ1) is 15.3. The number of aromatic nitrogens is 2. The fraction of sp³-hybridized carbons (Fsp3) is 0.591. The molecule has 2 unspecified atom stereocenters. The summed E-state index contributed by atoms with van der Waals surface area (Å²) in [5.41, 5.74) is -0.151. The highest BCUT2D eigenvalue weighted by atomic mass is 16.9. The number of aryl methyl sites for hydroxylation is 1. The smallest absolute Gasteiger partial charge is 0.309 e. The summed E-state index contributed by atoms with van der Waals surface area (Å²) in [5, 5.41) is 27.9. The van der Waals surface area contributed by atoms with E-state index >= 15 is 0 Å². The summed E-state index contributed by atoms with van der Waals surface area (Å²) in [6.45, 7) is 0.324. The van der Waals surface area contributed by atoms with Crippen molar-refractivity contribution in [1.82, 2.24) is 15.1 Å². The van der Waals surface area contributed by atoms with Crippen LogP contribution in [0.4, 0.5) is 0 Å². The Morgan fingerprint density at radius 3 is 2.66 bits per heavy atom. The van der Waals surface area contributed by atoms with Gasteiger partial charge in [0.2, 0.25) is 0 Å². The summed E-state index contributed by atoms with van der Waals surface area (Å²) in [4.78, 5) is 40.2. The first-order valence-electron chi connectivity index (χ1n) is 11.1. The van der Waals surface area contributed by atoms with Crippen molar-refractivity contribution in [3.63, 3.8) is 0 Å². The summed E-state index contributed by atoms with van der Waals surface area (Å²) >= 11 is 0. The molecular formula is C22H26N4O6. The van der Waals surface area contributed by atoms with E-state index in [1.54, 1.807) is 4.68 Å². The lowest BCUT2D eigenvalue weighted by molar-refractivity contribution is -0.757. The normalized spacial score (nSPS) is 30.4. The largest absolute Gasteiger partial charge is 0.481 e. The Morgan fingerprint density at radius 1 is 1.25 bits per heavy atom. The molecule has 32 heavy (non-hydrogen) atoms. The number of para-hydroxylation sites is 1. The molecule has 1 amide bonds.